The Kier molecular flexibility index (Phi) is 5.13. The topological polar surface area (TPSA) is 12.0 Å². The Balaban J connectivity index is 2.29. The van der Waals surface area contributed by atoms with Crippen LogP contribution in [0.1, 0.15) is 38.7 Å². The molecule has 0 aromatic heterocycles. The predicted octanol–water partition coefficient (Wildman–Crippen LogP) is 3.65. The molecule has 0 aliphatic heterocycles. The number of nitrogens with one attached hydrogen (secondary N) is 1. The molecule has 0 unspecified atom stereocenters. The zero-order chi connectivity index (χ0) is 10.2. The quantitative estimate of drug-likeness (QED) is 0.675. The molecule has 0 bridgehead atoms. The van der Waals surface area contributed by atoms with Crippen LogP contribution in [0.15, 0.2) is 18.2 Å². The molecule has 0 spiro atoms. The number of benzene rings is 1. The highest BCUT2D eigenvalue weighted by Crippen LogP contribution is 2.09. The highest BCUT2D eigenvalue weighted by Gasteiger charge is 1.92. The fraction of sp³-hybridized carbons (Fsp3) is 0.538. The van der Waals surface area contributed by atoms with Gasteiger partial charge in [-0.25, -0.2) is 0 Å². The zero-order valence-corrected chi connectivity index (χ0v) is 9.27. The second-order valence-electron chi connectivity index (χ2n) is 3.60. The summed E-state index contributed by atoms with van der Waals surface area (Å²) in [6.45, 7) is 5.45. The summed E-state index contributed by atoms with van der Waals surface area (Å²) in [6, 6.07) is 9.61. The fourth-order valence-corrected chi connectivity index (χ4v) is 1.38. The van der Waals surface area contributed by atoms with Crippen molar-refractivity contribution in [2.24, 2.45) is 0 Å². The first-order chi connectivity index (χ1) is 6.86. The largest absolute Gasteiger partial charge is 0.385 e. The van der Waals surface area contributed by atoms with Gasteiger partial charge in [-0.1, -0.05) is 32.8 Å². The third kappa shape index (κ3) is 3.82. The van der Waals surface area contributed by atoms with Crippen LogP contribution in [0, 0.1) is 6.07 Å². The zero-order valence-electron chi connectivity index (χ0n) is 9.27. The Labute approximate surface area is 87.5 Å². The van der Waals surface area contributed by atoms with Gasteiger partial charge in [0.2, 0.25) is 0 Å². The average molecular weight is 190 g/mol. The van der Waals surface area contributed by atoms with Gasteiger partial charge >= 0.3 is 0 Å². The lowest BCUT2D eigenvalue weighted by Gasteiger charge is -2.05. The van der Waals surface area contributed by atoms with Gasteiger partial charge in [-0.2, -0.15) is 0 Å². The molecular formula is C13H20N. The number of hydrogen-bond acceptors (Lipinski definition) is 1. The van der Waals surface area contributed by atoms with Crippen molar-refractivity contribution in [2.75, 3.05) is 11.9 Å². The molecule has 1 radical (unpaired) electrons. The van der Waals surface area contributed by atoms with E-state index in [0.29, 0.717) is 0 Å². The van der Waals surface area contributed by atoms with Crippen LogP contribution in [-0.4, -0.2) is 6.54 Å². The Morgan fingerprint density at radius 1 is 1.21 bits per heavy atom. The van der Waals surface area contributed by atoms with E-state index in [1.165, 1.54) is 24.8 Å². The summed E-state index contributed by atoms with van der Waals surface area (Å²) in [5.74, 6) is 0. The van der Waals surface area contributed by atoms with Gasteiger partial charge < -0.3 is 5.32 Å². The first-order valence-electron chi connectivity index (χ1n) is 5.61. The molecule has 1 aromatic rings. The third-order valence-electron chi connectivity index (χ3n) is 2.38. The normalized spacial score (nSPS) is 10.1. The lowest BCUT2D eigenvalue weighted by molar-refractivity contribution is 0.744. The molecule has 0 amide bonds. The number of rotatable bonds is 6. The molecule has 0 heterocycles. The number of aryl methyl sites for hydroxylation is 1. The molecule has 1 nitrogen and oxygen atoms in total. The summed E-state index contributed by atoms with van der Waals surface area (Å²) >= 11 is 0. The average Bonchev–Trinajstić information content (AvgIpc) is 2.25. The van der Waals surface area contributed by atoms with E-state index in [9.17, 15) is 0 Å². The minimum absolute atomic E-state index is 1.07. The minimum Gasteiger partial charge on any atom is -0.385 e. The van der Waals surface area contributed by atoms with Crippen molar-refractivity contribution in [1.29, 1.82) is 0 Å². The summed E-state index contributed by atoms with van der Waals surface area (Å²) in [7, 11) is 0. The van der Waals surface area contributed by atoms with Gasteiger partial charge in [-0.05, 0) is 30.5 Å². The van der Waals surface area contributed by atoms with Gasteiger partial charge in [0.25, 0.3) is 0 Å². The lowest BCUT2D eigenvalue weighted by Crippen LogP contribution is -2.01. The van der Waals surface area contributed by atoms with Crippen molar-refractivity contribution in [1.82, 2.24) is 0 Å². The smallest absolute Gasteiger partial charge is 0.0420 e. The summed E-state index contributed by atoms with van der Waals surface area (Å²) in [5, 5.41) is 3.38. The van der Waals surface area contributed by atoms with Crippen molar-refractivity contribution >= 4 is 5.69 Å². The van der Waals surface area contributed by atoms with E-state index >= 15 is 0 Å². The van der Waals surface area contributed by atoms with Crippen LogP contribution in [0.4, 0.5) is 5.69 Å². The van der Waals surface area contributed by atoms with Gasteiger partial charge in [-0.15, -0.1) is 0 Å². The summed E-state index contributed by atoms with van der Waals surface area (Å²) in [4.78, 5) is 0. The maximum absolute atomic E-state index is 3.38. The number of unbranched alkanes of at least 4 members (excludes halogenated alkanes) is 2. The van der Waals surface area contributed by atoms with Crippen molar-refractivity contribution in [3.05, 3.63) is 29.8 Å². The lowest BCUT2D eigenvalue weighted by atomic mass is 10.1. The van der Waals surface area contributed by atoms with Gasteiger partial charge in [-0.3, -0.25) is 0 Å². The van der Waals surface area contributed by atoms with E-state index in [0.717, 1.165) is 18.7 Å². The highest BCUT2D eigenvalue weighted by molar-refractivity contribution is 5.43. The first kappa shape index (κ1) is 11.1. The monoisotopic (exact) mass is 190 g/mol. The molecule has 1 aromatic carbocycles. The second kappa shape index (κ2) is 6.47. The first-order valence-corrected chi connectivity index (χ1v) is 5.61. The highest BCUT2D eigenvalue weighted by atomic mass is 14.9. The molecule has 0 saturated heterocycles. The number of hydrogen-bond donors (Lipinski definition) is 1. The van der Waals surface area contributed by atoms with E-state index in [1.807, 2.05) is 0 Å². The predicted molar refractivity (Wildman–Crippen MR) is 62.7 cm³/mol. The molecule has 14 heavy (non-hydrogen) atoms. The second-order valence-corrected chi connectivity index (χ2v) is 3.60. The molecule has 0 fully saturated rings. The molecule has 1 N–H and O–H groups in total. The van der Waals surface area contributed by atoms with Gasteiger partial charge in [0.05, 0.1) is 0 Å². The van der Waals surface area contributed by atoms with E-state index in [2.05, 4.69) is 43.4 Å². The van der Waals surface area contributed by atoms with E-state index < -0.39 is 0 Å². The molecule has 0 saturated carbocycles. The fourth-order valence-electron chi connectivity index (χ4n) is 1.38. The van der Waals surface area contributed by atoms with E-state index in [-0.39, 0.29) is 0 Å². The molecule has 0 aliphatic rings. The molecule has 77 valence electrons. The Hall–Kier alpha value is -0.980. The van der Waals surface area contributed by atoms with Crippen LogP contribution >= 0.6 is 0 Å². The standard InChI is InChI=1S/C13H20N/c1-3-5-6-11-14-13-9-7-12(4-2)8-10-13/h7-9,14H,3-6,11H2,1-2H3. The maximum Gasteiger partial charge on any atom is 0.0420 e. The van der Waals surface area contributed by atoms with E-state index in [1.54, 1.807) is 0 Å². The molecular weight excluding hydrogens is 170 g/mol. The number of anilines is 1. The van der Waals surface area contributed by atoms with Crippen LogP contribution in [0.25, 0.3) is 0 Å². The van der Waals surface area contributed by atoms with Crippen molar-refractivity contribution < 1.29 is 0 Å². The minimum atomic E-state index is 1.07. The molecule has 1 rings (SSSR count). The van der Waals surface area contributed by atoms with Crippen LogP contribution in [0.3, 0.4) is 0 Å². The molecule has 0 aliphatic carbocycles. The molecule has 0 atom stereocenters. The maximum atomic E-state index is 3.38. The Morgan fingerprint density at radius 2 is 2.07 bits per heavy atom. The third-order valence-corrected chi connectivity index (χ3v) is 2.38. The van der Waals surface area contributed by atoms with Crippen molar-refractivity contribution in [3.63, 3.8) is 0 Å². The van der Waals surface area contributed by atoms with Crippen LogP contribution in [-0.2, 0) is 6.42 Å². The van der Waals surface area contributed by atoms with Gasteiger partial charge in [0.15, 0.2) is 0 Å². The van der Waals surface area contributed by atoms with E-state index in [4.69, 9.17) is 0 Å². The molecule has 1 heteroatoms. The van der Waals surface area contributed by atoms with Crippen molar-refractivity contribution in [2.45, 2.75) is 39.5 Å². The van der Waals surface area contributed by atoms with Gasteiger partial charge in [0.1, 0.15) is 0 Å². The van der Waals surface area contributed by atoms with Crippen molar-refractivity contribution in [3.8, 4) is 0 Å². The van der Waals surface area contributed by atoms with Crippen LogP contribution in [0.5, 0.6) is 0 Å². The SMILES string of the molecule is CCCCCNc1[c]cc(CC)cc1. The summed E-state index contributed by atoms with van der Waals surface area (Å²) < 4.78 is 0. The van der Waals surface area contributed by atoms with Crippen LogP contribution in [0.2, 0.25) is 0 Å². The summed E-state index contributed by atoms with van der Waals surface area (Å²) in [5.41, 5.74) is 2.47. The Morgan fingerprint density at radius 3 is 2.64 bits per heavy atom. The summed E-state index contributed by atoms with van der Waals surface area (Å²) in [6.07, 6.45) is 4.92. The van der Waals surface area contributed by atoms with Crippen LogP contribution < -0.4 is 5.32 Å². The Bertz CT molecular complexity index is 238. The van der Waals surface area contributed by atoms with Gasteiger partial charge in [0, 0.05) is 18.3 Å².